The summed E-state index contributed by atoms with van der Waals surface area (Å²) < 4.78 is 5.60. The van der Waals surface area contributed by atoms with Crippen molar-refractivity contribution in [3.63, 3.8) is 0 Å². The molecule has 2 heterocycles. The molecule has 0 spiro atoms. The monoisotopic (exact) mass is 265 g/mol. The molecule has 0 bridgehead atoms. The summed E-state index contributed by atoms with van der Waals surface area (Å²) in [6.07, 6.45) is 3.01. The number of aromatic nitrogens is 2. The third kappa shape index (κ3) is 2.87. The summed E-state index contributed by atoms with van der Waals surface area (Å²) in [5, 5.41) is 9.53. The van der Waals surface area contributed by atoms with Crippen molar-refractivity contribution in [2.45, 2.75) is 51.9 Å². The zero-order chi connectivity index (χ0) is 14.0. The third-order valence-electron chi connectivity index (χ3n) is 3.74. The minimum atomic E-state index is -0.0656. The van der Waals surface area contributed by atoms with Gasteiger partial charge in [-0.1, -0.05) is 13.8 Å². The van der Waals surface area contributed by atoms with Gasteiger partial charge in [0, 0.05) is 19.6 Å². The maximum Gasteiger partial charge on any atom is 0.131 e. The van der Waals surface area contributed by atoms with Gasteiger partial charge in [-0.05, 0) is 13.3 Å². The van der Waals surface area contributed by atoms with Gasteiger partial charge in [-0.15, -0.1) is 0 Å². The Morgan fingerprint density at radius 2 is 2.26 bits per heavy atom. The number of hydrogen-bond acceptors (Lipinski definition) is 5. The molecule has 2 atom stereocenters. The maximum absolute atomic E-state index is 9.53. The number of hydrogen-bond donors (Lipinski definition) is 1. The standard InChI is InChI=1S/C14H23N3O2/c1-9(2)14-15-7-13(11(8-18)16-14)17(4)12-5-6-19-10(12)3/h7,9-10,12,18H,5-6,8H2,1-4H3. The molecule has 1 aromatic heterocycles. The lowest BCUT2D eigenvalue weighted by molar-refractivity contribution is 0.118. The molecule has 19 heavy (non-hydrogen) atoms. The molecule has 1 aliphatic heterocycles. The second kappa shape index (κ2) is 5.84. The van der Waals surface area contributed by atoms with Gasteiger partial charge in [0.05, 0.1) is 36.3 Å². The Morgan fingerprint density at radius 3 is 2.79 bits per heavy atom. The molecule has 1 aromatic rings. The molecule has 1 fully saturated rings. The molecule has 0 aliphatic carbocycles. The van der Waals surface area contributed by atoms with Gasteiger partial charge in [-0.25, -0.2) is 9.97 Å². The van der Waals surface area contributed by atoms with Crippen molar-refractivity contribution in [3.05, 3.63) is 17.7 Å². The SMILES string of the molecule is CC(C)c1ncc(N(C)C2CCOC2C)c(CO)n1. The van der Waals surface area contributed by atoms with Crippen molar-refractivity contribution in [1.29, 1.82) is 0 Å². The smallest absolute Gasteiger partial charge is 0.131 e. The number of ether oxygens (including phenoxy) is 1. The van der Waals surface area contributed by atoms with Crippen molar-refractivity contribution >= 4 is 5.69 Å². The molecule has 0 aromatic carbocycles. The lowest BCUT2D eigenvalue weighted by atomic mass is 10.1. The minimum absolute atomic E-state index is 0.0656. The van der Waals surface area contributed by atoms with E-state index in [-0.39, 0.29) is 18.6 Å². The average Bonchev–Trinajstić information content (AvgIpc) is 2.83. The van der Waals surface area contributed by atoms with E-state index in [1.54, 1.807) is 0 Å². The molecule has 0 saturated carbocycles. The number of likely N-dealkylation sites (N-methyl/N-ethyl adjacent to an activating group) is 1. The Labute approximate surface area is 114 Å². The van der Waals surface area contributed by atoms with E-state index in [1.807, 2.05) is 27.1 Å². The van der Waals surface area contributed by atoms with Crippen LogP contribution in [0.1, 0.15) is 44.6 Å². The first-order valence-corrected chi connectivity index (χ1v) is 6.85. The van der Waals surface area contributed by atoms with Gasteiger partial charge in [0.1, 0.15) is 5.82 Å². The Bertz CT molecular complexity index is 437. The summed E-state index contributed by atoms with van der Waals surface area (Å²) in [5.41, 5.74) is 1.59. The van der Waals surface area contributed by atoms with Crippen LogP contribution in [0.25, 0.3) is 0 Å². The quantitative estimate of drug-likeness (QED) is 0.898. The topological polar surface area (TPSA) is 58.5 Å². The average molecular weight is 265 g/mol. The fourth-order valence-corrected chi connectivity index (χ4v) is 2.52. The zero-order valence-electron chi connectivity index (χ0n) is 12.1. The first-order chi connectivity index (χ1) is 9.04. The van der Waals surface area contributed by atoms with Crippen molar-refractivity contribution in [2.24, 2.45) is 0 Å². The summed E-state index contributed by atoms with van der Waals surface area (Å²) in [5.74, 6) is 1.04. The lowest BCUT2D eigenvalue weighted by Crippen LogP contribution is -2.37. The molecule has 1 aliphatic rings. The van der Waals surface area contributed by atoms with Crippen LogP contribution < -0.4 is 4.90 Å². The largest absolute Gasteiger partial charge is 0.390 e. The summed E-state index contributed by atoms with van der Waals surface area (Å²) in [6.45, 7) is 6.90. The zero-order valence-corrected chi connectivity index (χ0v) is 12.1. The van der Waals surface area contributed by atoms with E-state index in [9.17, 15) is 5.11 Å². The van der Waals surface area contributed by atoms with E-state index in [2.05, 4.69) is 21.8 Å². The van der Waals surface area contributed by atoms with Crippen molar-refractivity contribution in [2.75, 3.05) is 18.6 Å². The van der Waals surface area contributed by atoms with Crippen molar-refractivity contribution < 1.29 is 9.84 Å². The minimum Gasteiger partial charge on any atom is -0.390 e. The predicted molar refractivity (Wildman–Crippen MR) is 74.3 cm³/mol. The molecule has 0 radical (unpaired) electrons. The highest BCUT2D eigenvalue weighted by Gasteiger charge is 2.29. The second-order valence-corrected chi connectivity index (χ2v) is 5.42. The molecular weight excluding hydrogens is 242 g/mol. The molecule has 5 nitrogen and oxygen atoms in total. The van der Waals surface area contributed by atoms with Gasteiger partial charge >= 0.3 is 0 Å². The van der Waals surface area contributed by atoms with Crippen molar-refractivity contribution in [3.8, 4) is 0 Å². The molecule has 2 unspecified atom stereocenters. The summed E-state index contributed by atoms with van der Waals surface area (Å²) >= 11 is 0. The molecule has 1 N–H and O–H groups in total. The van der Waals surface area contributed by atoms with Crippen LogP contribution in [0.3, 0.4) is 0 Å². The Balaban J connectivity index is 2.28. The number of nitrogens with zero attached hydrogens (tertiary/aromatic N) is 3. The highest BCUT2D eigenvalue weighted by atomic mass is 16.5. The molecule has 1 saturated heterocycles. The molecular formula is C14H23N3O2. The Kier molecular flexibility index (Phi) is 4.37. The fraction of sp³-hybridized carbons (Fsp3) is 0.714. The van der Waals surface area contributed by atoms with Crippen LogP contribution in [0.2, 0.25) is 0 Å². The van der Waals surface area contributed by atoms with Crippen LogP contribution in [0.5, 0.6) is 0 Å². The Morgan fingerprint density at radius 1 is 1.53 bits per heavy atom. The maximum atomic E-state index is 9.53. The van der Waals surface area contributed by atoms with E-state index >= 15 is 0 Å². The van der Waals surface area contributed by atoms with E-state index in [1.165, 1.54) is 0 Å². The van der Waals surface area contributed by atoms with Gasteiger partial charge in [-0.2, -0.15) is 0 Å². The van der Waals surface area contributed by atoms with Crippen LogP contribution in [0, 0.1) is 0 Å². The summed E-state index contributed by atoms with van der Waals surface area (Å²) in [7, 11) is 2.02. The number of anilines is 1. The molecule has 0 amide bonds. The number of rotatable bonds is 4. The first-order valence-electron chi connectivity index (χ1n) is 6.85. The van der Waals surface area contributed by atoms with Gasteiger partial charge in [-0.3, -0.25) is 0 Å². The van der Waals surface area contributed by atoms with Crippen LogP contribution in [-0.4, -0.2) is 40.9 Å². The van der Waals surface area contributed by atoms with E-state index in [4.69, 9.17) is 4.74 Å². The van der Waals surface area contributed by atoms with Gasteiger partial charge in [0.2, 0.25) is 0 Å². The number of aliphatic hydroxyl groups excluding tert-OH is 1. The van der Waals surface area contributed by atoms with E-state index in [0.29, 0.717) is 11.7 Å². The van der Waals surface area contributed by atoms with Crippen LogP contribution in [-0.2, 0) is 11.3 Å². The molecule has 106 valence electrons. The predicted octanol–water partition coefficient (Wildman–Crippen LogP) is 1.71. The van der Waals surface area contributed by atoms with E-state index < -0.39 is 0 Å². The van der Waals surface area contributed by atoms with Gasteiger partial charge < -0.3 is 14.7 Å². The van der Waals surface area contributed by atoms with Crippen LogP contribution in [0.4, 0.5) is 5.69 Å². The lowest BCUT2D eigenvalue weighted by Gasteiger charge is -2.29. The van der Waals surface area contributed by atoms with Crippen LogP contribution in [0.15, 0.2) is 6.20 Å². The van der Waals surface area contributed by atoms with Crippen LogP contribution >= 0.6 is 0 Å². The van der Waals surface area contributed by atoms with Crippen molar-refractivity contribution in [1.82, 2.24) is 9.97 Å². The normalized spacial score (nSPS) is 23.1. The van der Waals surface area contributed by atoms with Gasteiger partial charge in [0.25, 0.3) is 0 Å². The Hall–Kier alpha value is -1.20. The first kappa shape index (κ1) is 14.2. The summed E-state index contributed by atoms with van der Waals surface area (Å²) in [4.78, 5) is 11.0. The van der Waals surface area contributed by atoms with Gasteiger partial charge in [0.15, 0.2) is 0 Å². The highest BCUT2D eigenvalue weighted by Crippen LogP contribution is 2.26. The van der Waals surface area contributed by atoms with E-state index in [0.717, 1.165) is 24.5 Å². The third-order valence-corrected chi connectivity index (χ3v) is 3.74. The highest BCUT2D eigenvalue weighted by molar-refractivity contribution is 5.49. The fourth-order valence-electron chi connectivity index (χ4n) is 2.52. The molecule has 2 rings (SSSR count). The number of aliphatic hydroxyl groups is 1. The second-order valence-electron chi connectivity index (χ2n) is 5.42. The summed E-state index contributed by atoms with van der Waals surface area (Å²) in [6, 6.07) is 0.318. The molecule has 5 heteroatoms.